The number of hydrogen-bond donors (Lipinski definition) is 0. The number of pyridine rings is 2. The van der Waals surface area contributed by atoms with Crippen LogP contribution in [0.1, 0.15) is 45.7 Å². The van der Waals surface area contributed by atoms with E-state index in [-0.39, 0.29) is 5.41 Å². The molecule has 3 nitrogen and oxygen atoms in total. The molecule has 0 fully saturated rings. The predicted octanol–water partition coefficient (Wildman–Crippen LogP) is 8.08. The van der Waals surface area contributed by atoms with Crippen LogP contribution in [0.15, 0.2) is 83.5 Å². The molecule has 0 radical (unpaired) electrons. The van der Waals surface area contributed by atoms with Crippen molar-refractivity contribution in [2.45, 2.75) is 55.8 Å². The molecule has 0 unspecified atom stereocenters. The fourth-order valence-corrected chi connectivity index (χ4v) is 13.1. The minimum atomic E-state index is -2.06. The van der Waals surface area contributed by atoms with E-state index >= 15 is 0 Å². The molecule has 5 rings (SSSR count). The summed E-state index contributed by atoms with van der Waals surface area (Å²) in [7, 11) is 0. The van der Waals surface area contributed by atoms with E-state index < -0.39 is 13.3 Å². The summed E-state index contributed by atoms with van der Waals surface area (Å²) in [5.74, 6) is 0. The molecule has 35 heavy (non-hydrogen) atoms. The van der Waals surface area contributed by atoms with Crippen molar-refractivity contribution in [1.29, 1.82) is 0 Å². The van der Waals surface area contributed by atoms with Gasteiger partial charge in [0.15, 0.2) is 0 Å². The predicted molar refractivity (Wildman–Crippen MR) is 150 cm³/mol. The second-order valence-corrected chi connectivity index (χ2v) is 21.1. The molecule has 4 heteroatoms. The van der Waals surface area contributed by atoms with Crippen LogP contribution in [0.2, 0.25) is 15.8 Å². The molecule has 0 aliphatic rings. The Morgan fingerprint density at radius 1 is 0.771 bits per heavy atom. The first-order valence-corrected chi connectivity index (χ1v) is 18.3. The van der Waals surface area contributed by atoms with Crippen LogP contribution in [-0.2, 0) is 5.41 Å². The van der Waals surface area contributed by atoms with Gasteiger partial charge in [0.05, 0.1) is 0 Å². The SMILES string of the molecule is C[CH2][Ge]([CH2]C)([CH2]C)[c]1ccc(-c2cnc3oc4ccccc4c3c2C(C)(C)c2ccccc2)nc1. The molecule has 0 atom stereocenters. The van der Waals surface area contributed by atoms with Crippen LogP contribution < -0.4 is 4.40 Å². The molecule has 0 N–H and O–H groups in total. The summed E-state index contributed by atoms with van der Waals surface area (Å²) in [6, 6.07) is 23.5. The number of furan rings is 1. The van der Waals surface area contributed by atoms with E-state index in [1.165, 1.54) is 31.3 Å². The third-order valence-electron chi connectivity index (χ3n) is 8.21. The van der Waals surface area contributed by atoms with Crippen LogP contribution in [0.5, 0.6) is 0 Å². The summed E-state index contributed by atoms with van der Waals surface area (Å²) >= 11 is -2.06. The number of rotatable bonds is 7. The van der Waals surface area contributed by atoms with Gasteiger partial charge in [-0.2, -0.15) is 0 Å². The Balaban J connectivity index is 1.78. The van der Waals surface area contributed by atoms with Crippen molar-refractivity contribution in [3.63, 3.8) is 0 Å². The van der Waals surface area contributed by atoms with Gasteiger partial charge in [-0.3, -0.25) is 0 Å². The molecule has 0 aliphatic heterocycles. The molecule has 178 valence electrons. The second kappa shape index (κ2) is 9.27. The fourth-order valence-electron chi connectivity index (χ4n) is 5.76. The number of hydrogen-bond acceptors (Lipinski definition) is 3. The van der Waals surface area contributed by atoms with E-state index in [1.54, 1.807) is 0 Å². The van der Waals surface area contributed by atoms with E-state index in [9.17, 15) is 0 Å². The number of benzene rings is 2. The molecule has 0 spiro atoms. The number of nitrogens with zero attached hydrogens (tertiary/aromatic N) is 2. The second-order valence-electron chi connectivity index (χ2n) is 10.1. The van der Waals surface area contributed by atoms with E-state index in [0.717, 1.165) is 27.6 Å². The number of para-hydroxylation sites is 1. The molecule has 3 heterocycles. The molecular formula is C31H34GeN2O. The van der Waals surface area contributed by atoms with Crippen molar-refractivity contribution in [2.75, 3.05) is 0 Å². The van der Waals surface area contributed by atoms with Gasteiger partial charge in [0.1, 0.15) is 0 Å². The van der Waals surface area contributed by atoms with Gasteiger partial charge in [-0.1, -0.05) is 0 Å². The molecule has 0 amide bonds. The molecule has 0 saturated heterocycles. The Bertz CT molecular complexity index is 1460. The summed E-state index contributed by atoms with van der Waals surface area (Å²) in [6.07, 6.45) is 4.13. The van der Waals surface area contributed by atoms with Gasteiger partial charge >= 0.3 is 211 Å². The van der Waals surface area contributed by atoms with Crippen LogP contribution in [-0.4, -0.2) is 23.2 Å². The standard InChI is InChI=1S/C31H34GeN2O/c1-6-32(7-2,8-3)23-18-19-26(33-20-23)25-21-34-30-28(24-16-12-13-17-27(24)35-30)29(25)31(4,5)22-14-10-9-11-15-22/h9-21H,6-8H2,1-5H3. The Morgan fingerprint density at radius 2 is 1.46 bits per heavy atom. The Morgan fingerprint density at radius 3 is 2.11 bits per heavy atom. The monoisotopic (exact) mass is 524 g/mol. The van der Waals surface area contributed by atoms with Gasteiger partial charge in [-0.15, -0.1) is 0 Å². The average molecular weight is 523 g/mol. The van der Waals surface area contributed by atoms with Crippen LogP contribution in [0.25, 0.3) is 33.3 Å². The normalized spacial score (nSPS) is 12.5. The first-order valence-electron chi connectivity index (χ1n) is 12.8. The summed E-state index contributed by atoms with van der Waals surface area (Å²) in [6.45, 7) is 11.7. The van der Waals surface area contributed by atoms with Crippen molar-refractivity contribution in [3.05, 3.63) is 90.3 Å². The van der Waals surface area contributed by atoms with Crippen LogP contribution in [0, 0.1) is 0 Å². The van der Waals surface area contributed by atoms with Crippen molar-refractivity contribution in [3.8, 4) is 11.3 Å². The quantitative estimate of drug-likeness (QED) is 0.203. The zero-order valence-electron chi connectivity index (χ0n) is 21.4. The summed E-state index contributed by atoms with van der Waals surface area (Å²) in [5.41, 5.74) is 5.80. The van der Waals surface area contributed by atoms with Crippen LogP contribution in [0.3, 0.4) is 0 Å². The number of fused-ring (bicyclic) bond motifs is 3. The van der Waals surface area contributed by atoms with Gasteiger partial charge in [0.25, 0.3) is 0 Å². The first-order chi connectivity index (χ1) is 16.9. The van der Waals surface area contributed by atoms with Crippen LogP contribution in [0.4, 0.5) is 0 Å². The van der Waals surface area contributed by atoms with Crippen LogP contribution >= 0.6 is 0 Å². The zero-order valence-corrected chi connectivity index (χ0v) is 23.5. The number of aromatic nitrogens is 2. The minimum absolute atomic E-state index is 0.275. The summed E-state index contributed by atoms with van der Waals surface area (Å²) in [4.78, 5) is 9.86. The van der Waals surface area contributed by atoms with E-state index in [4.69, 9.17) is 14.4 Å². The maximum absolute atomic E-state index is 6.20. The topological polar surface area (TPSA) is 38.9 Å². The van der Waals surface area contributed by atoms with Crippen molar-refractivity contribution < 1.29 is 4.42 Å². The van der Waals surface area contributed by atoms with E-state index in [0.29, 0.717) is 5.71 Å². The van der Waals surface area contributed by atoms with E-state index in [1.807, 2.05) is 18.3 Å². The summed E-state index contributed by atoms with van der Waals surface area (Å²) in [5, 5.41) is 6.09. The molecule has 0 saturated carbocycles. The first kappa shape index (κ1) is 23.8. The Hall–Kier alpha value is -2.92. The molecular weight excluding hydrogens is 489 g/mol. The van der Waals surface area contributed by atoms with E-state index in [2.05, 4.69) is 95.4 Å². The third kappa shape index (κ3) is 3.90. The van der Waals surface area contributed by atoms with Crippen molar-refractivity contribution >= 4 is 39.7 Å². The van der Waals surface area contributed by atoms with Gasteiger partial charge < -0.3 is 0 Å². The molecule has 2 aromatic carbocycles. The molecule has 0 aliphatic carbocycles. The van der Waals surface area contributed by atoms with Gasteiger partial charge in [-0.05, 0) is 0 Å². The zero-order chi connectivity index (χ0) is 24.6. The van der Waals surface area contributed by atoms with Crippen molar-refractivity contribution in [2.24, 2.45) is 0 Å². The van der Waals surface area contributed by atoms with Gasteiger partial charge in [0, 0.05) is 0 Å². The molecule has 3 aromatic heterocycles. The third-order valence-corrected chi connectivity index (χ3v) is 19.9. The fraction of sp³-hybridized carbons (Fsp3) is 0.290. The van der Waals surface area contributed by atoms with Gasteiger partial charge in [0.2, 0.25) is 0 Å². The average Bonchev–Trinajstić information content (AvgIpc) is 3.29. The Labute approximate surface area is 211 Å². The Kier molecular flexibility index (Phi) is 6.31. The van der Waals surface area contributed by atoms with Gasteiger partial charge in [-0.25, -0.2) is 0 Å². The molecule has 0 bridgehead atoms. The molecule has 5 aromatic rings. The van der Waals surface area contributed by atoms with Crippen molar-refractivity contribution in [1.82, 2.24) is 9.97 Å². The maximum atomic E-state index is 6.20. The summed E-state index contributed by atoms with van der Waals surface area (Å²) < 4.78 is 7.71.